The number of nitrogens with zero attached hydrogens (tertiary/aromatic N) is 2. The molecular formula is C48H28N2O2. The fourth-order valence-electron chi connectivity index (χ4n) is 8.53. The third-order valence-corrected chi connectivity index (χ3v) is 10.9. The van der Waals surface area contributed by atoms with Gasteiger partial charge in [-0.2, -0.15) is 0 Å². The van der Waals surface area contributed by atoms with Crippen molar-refractivity contribution in [1.29, 1.82) is 0 Å². The number of aromatic nitrogens is 2. The molecule has 0 bridgehead atoms. The monoisotopic (exact) mass is 664 g/mol. The lowest BCUT2D eigenvalue weighted by Gasteiger charge is -2.20. The zero-order chi connectivity index (χ0) is 33.9. The van der Waals surface area contributed by atoms with E-state index < -0.39 is 0 Å². The van der Waals surface area contributed by atoms with Gasteiger partial charge in [0.1, 0.15) is 0 Å². The van der Waals surface area contributed by atoms with Gasteiger partial charge in [-0.15, -0.1) is 0 Å². The summed E-state index contributed by atoms with van der Waals surface area (Å²) in [5.74, 6) is 3.55. The van der Waals surface area contributed by atoms with Crippen LogP contribution in [-0.2, 0) is 0 Å². The number of ether oxygens (including phenoxy) is 2. The normalized spacial score (nSPS) is 12.5. The Labute approximate surface area is 298 Å². The summed E-state index contributed by atoms with van der Waals surface area (Å²) in [6, 6.07) is 60.7. The molecule has 4 heterocycles. The maximum absolute atomic E-state index is 6.33. The van der Waals surface area contributed by atoms with E-state index in [-0.39, 0.29) is 0 Å². The fraction of sp³-hybridized carbons (Fsp3) is 0. The average Bonchev–Trinajstić information content (AvgIpc) is 3.73. The standard InChI is InChI=1S/C48H28N2O2/c1-3-14-43-41(12-1)49-39-24-22-33(27-37(39)35-10-6-16-45(51-43)47(35)49)30-20-18-29(19-21-30)31-8-5-9-32(26-31)34-23-25-40-38(28-34)36-11-7-17-46-48(36)50(40)42-13-2-4-15-44(42)52-46/h1-28H. The van der Waals surface area contributed by atoms with E-state index in [0.717, 1.165) is 45.4 Å². The molecule has 4 heteroatoms. The highest BCUT2D eigenvalue weighted by molar-refractivity contribution is 6.14. The van der Waals surface area contributed by atoms with E-state index in [1.807, 2.05) is 24.3 Å². The smallest absolute Gasteiger partial charge is 0.152 e. The maximum atomic E-state index is 6.33. The first kappa shape index (κ1) is 27.7. The molecule has 2 aliphatic heterocycles. The first-order chi connectivity index (χ1) is 25.8. The van der Waals surface area contributed by atoms with Gasteiger partial charge in [0.2, 0.25) is 0 Å². The molecule has 8 aromatic carbocycles. The van der Waals surface area contributed by atoms with Crippen LogP contribution in [0.25, 0.3) is 88.4 Å². The summed E-state index contributed by atoms with van der Waals surface area (Å²) in [5.41, 5.74) is 13.9. The highest BCUT2D eigenvalue weighted by Gasteiger charge is 2.25. The van der Waals surface area contributed by atoms with Gasteiger partial charge in [0, 0.05) is 21.5 Å². The topological polar surface area (TPSA) is 28.3 Å². The molecule has 242 valence electrons. The number of benzene rings is 8. The molecule has 0 fully saturated rings. The lowest BCUT2D eigenvalue weighted by molar-refractivity contribution is 0.476. The van der Waals surface area contributed by atoms with Gasteiger partial charge in [0.25, 0.3) is 0 Å². The summed E-state index contributed by atoms with van der Waals surface area (Å²) in [7, 11) is 0. The minimum absolute atomic E-state index is 0.881. The quantitative estimate of drug-likeness (QED) is 0.188. The van der Waals surface area contributed by atoms with Gasteiger partial charge in [-0.3, -0.25) is 0 Å². The molecule has 0 radical (unpaired) electrons. The highest BCUT2D eigenvalue weighted by Crippen LogP contribution is 2.47. The summed E-state index contributed by atoms with van der Waals surface area (Å²) in [4.78, 5) is 0. The van der Waals surface area contributed by atoms with Crippen molar-refractivity contribution in [2.24, 2.45) is 0 Å². The number of fused-ring (bicyclic) bond motifs is 10. The van der Waals surface area contributed by atoms with Crippen molar-refractivity contribution < 1.29 is 9.47 Å². The Morgan fingerprint density at radius 3 is 1.23 bits per heavy atom. The molecular weight excluding hydrogens is 637 g/mol. The lowest BCUT2D eigenvalue weighted by atomic mass is 9.96. The van der Waals surface area contributed by atoms with Crippen molar-refractivity contribution in [3.05, 3.63) is 170 Å². The van der Waals surface area contributed by atoms with Crippen LogP contribution in [0.2, 0.25) is 0 Å². The van der Waals surface area contributed by atoms with Gasteiger partial charge >= 0.3 is 0 Å². The Balaban J connectivity index is 0.913. The third-order valence-electron chi connectivity index (χ3n) is 10.9. The maximum Gasteiger partial charge on any atom is 0.152 e. The largest absolute Gasteiger partial charge is 0.453 e. The van der Waals surface area contributed by atoms with Gasteiger partial charge in [-0.1, -0.05) is 103 Å². The van der Waals surface area contributed by atoms with Crippen molar-refractivity contribution in [3.63, 3.8) is 0 Å². The van der Waals surface area contributed by atoms with E-state index in [2.05, 4.69) is 155 Å². The Kier molecular flexibility index (Phi) is 5.47. The van der Waals surface area contributed by atoms with Crippen LogP contribution in [0, 0.1) is 0 Å². The van der Waals surface area contributed by atoms with Crippen LogP contribution < -0.4 is 9.47 Å². The summed E-state index contributed by atoms with van der Waals surface area (Å²) < 4.78 is 17.3. The van der Waals surface area contributed by atoms with Crippen molar-refractivity contribution in [2.45, 2.75) is 0 Å². The number of hydrogen-bond donors (Lipinski definition) is 0. The predicted octanol–water partition coefficient (Wildman–Crippen LogP) is 13.1. The minimum Gasteiger partial charge on any atom is -0.453 e. The predicted molar refractivity (Wildman–Crippen MR) is 212 cm³/mol. The van der Waals surface area contributed by atoms with Crippen molar-refractivity contribution in [2.75, 3.05) is 0 Å². The lowest BCUT2D eigenvalue weighted by Crippen LogP contribution is -2.03. The molecule has 0 spiro atoms. The van der Waals surface area contributed by atoms with Crippen LogP contribution >= 0.6 is 0 Å². The molecule has 2 aliphatic rings. The van der Waals surface area contributed by atoms with Crippen molar-refractivity contribution >= 4 is 43.6 Å². The number of rotatable bonds is 3. The van der Waals surface area contributed by atoms with E-state index in [4.69, 9.17) is 9.47 Å². The van der Waals surface area contributed by atoms with Crippen LogP contribution in [0.5, 0.6) is 23.0 Å². The van der Waals surface area contributed by atoms with E-state index in [1.54, 1.807) is 0 Å². The zero-order valence-corrected chi connectivity index (χ0v) is 27.9. The molecule has 0 unspecified atom stereocenters. The molecule has 52 heavy (non-hydrogen) atoms. The molecule has 0 amide bonds. The van der Waals surface area contributed by atoms with Gasteiger partial charge in [-0.25, -0.2) is 0 Å². The van der Waals surface area contributed by atoms with Crippen LogP contribution in [0.1, 0.15) is 0 Å². The second-order valence-corrected chi connectivity index (χ2v) is 13.7. The first-order valence-electron chi connectivity index (χ1n) is 17.7. The highest BCUT2D eigenvalue weighted by atomic mass is 16.5. The molecule has 0 aliphatic carbocycles. The summed E-state index contributed by atoms with van der Waals surface area (Å²) in [6.45, 7) is 0. The Bertz CT molecular complexity index is 3130. The van der Waals surface area contributed by atoms with E-state index >= 15 is 0 Å². The minimum atomic E-state index is 0.881. The Hall–Kier alpha value is -7.04. The van der Waals surface area contributed by atoms with Crippen LogP contribution in [0.3, 0.4) is 0 Å². The Morgan fingerprint density at radius 2 is 0.692 bits per heavy atom. The van der Waals surface area contributed by atoms with E-state index in [1.165, 1.54) is 66.0 Å². The SMILES string of the molecule is c1cc(-c2ccc(-c3ccc4c(c3)c3cccc5c3n4-c3ccccc3O5)cc2)cc(-c2ccc3c(c2)c2cccc4c2n3-c2ccccc2O4)c1. The van der Waals surface area contributed by atoms with Crippen molar-refractivity contribution in [1.82, 2.24) is 9.13 Å². The summed E-state index contributed by atoms with van der Waals surface area (Å²) in [6.07, 6.45) is 0. The zero-order valence-electron chi connectivity index (χ0n) is 27.9. The Morgan fingerprint density at radius 1 is 0.288 bits per heavy atom. The molecule has 10 aromatic rings. The number of para-hydroxylation sites is 6. The second kappa shape index (κ2) is 10.3. The molecule has 0 atom stereocenters. The third kappa shape index (κ3) is 3.81. The van der Waals surface area contributed by atoms with Crippen LogP contribution in [-0.4, -0.2) is 9.13 Å². The molecule has 0 saturated heterocycles. The van der Waals surface area contributed by atoms with Gasteiger partial charge < -0.3 is 18.6 Å². The van der Waals surface area contributed by atoms with Crippen LogP contribution in [0.15, 0.2) is 170 Å². The van der Waals surface area contributed by atoms with E-state index in [0.29, 0.717) is 0 Å². The van der Waals surface area contributed by atoms with Gasteiger partial charge in [0.15, 0.2) is 23.0 Å². The van der Waals surface area contributed by atoms with Gasteiger partial charge in [-0.05, 0) is 100 Å². The van der Waals surface area contributed by atoms with Crippen molar-refractivity contribution in [3.8, 4) is 67.8 Å². The van der Waals surface area contributed by atoms with Crippen LogP contribution in [0.4, 0.5) is 0 Å². The summed E-state index contributed by atoms with van der Waals surface area (Å²) >= 11 is 0. The fourth-order valence-corrected chi connectivity index (χ4v) is 8.53. The molecule has 2 aromatic heterocycles. The number of hydrogen-bond acceptors (Lipinski definition) is 2. The molecule has 0 N–H and O–H groups in total. The molecule has 0 saturated carbocycles. The second-order valence-electron chi connectivity index (χ2n) is 13.7. The first-order valence-corrected chi connectivity index (χ1v) is 17.7. The molecule has 4 nitrogen and oxygen atoms in total. The van der Waals surface area contributed by atoms with E-state index in [9.17, 15) is 0 Å². The average molecular weight is 665 g/mol. The summed E-state index contributed by atoms with van der Waals surface area (Å²) in [5, 5.41) is 4.84. The van der Waals surface area contributed by atoms with Gasteiger partial charge in [0.05, 0.1) is 33.4 Å². The molecule has 12 rings (SSSR count).